The van der Waals surface area contributed by atoms with E-state index in [2.05, 4.69) is 44.7 Å². The van der Waals surface area contributed by atoms with Crippen molar-refractivity contribution in [1.82, 2.24) is 24.8 Å². The number of esters is 1. The standard InChI is InChI=1S/C28H27N5O2S/c1-18-16-23(19(2)33(18)22-9-7-21(8-10-22)27(34)35-3)26-25(24-6-4-5-13-30-24)31-28(36)32(26)17-20-11-14-29-15-12-20/h4-16,25-26H,17H2,1-3H3,(H,31,36)/t25-,26-/m0/s1. The number of nitrogens with one attached hydrogen (secondary N) is 1. The molecule has 0 spiro atoms. The van der Waals surface area contributed by atoms with Crippen molar-refractivity contribution in [3.05, 3.63) is 113 Å². The lowest BCUT2D eigenvalue weighted by Gasteiger charge is -2.28. The molecule has 1 aliphatic heterocycles. The van der Waals surface area contributed by atoms with Gasteiger partial charge in [0.1, 0.15) is 0 Å². The van der Waals surface area contributed by atoms with E-state index in [4.69, 9.17) is 17.0 Å². The molecule has 1 saturated heterocycles. The summed E-state index contributed by atoms with van der Waals surface area (Å²) in [5.41, 5.74) is 6.94. The molecule has 4 aromatic rings. The first-order valence-electron chi connectivity index (χ1n) is 11.7. The maximum absolute atomic E-state index is 11.9. The van der Waals surface area contributed by atoms with Crippen molar-refractivity contribution < 1.29 is 9.53 Å². The SMILES string of the molecule is COC(=O)c1ccc(-n2c(C)cc([C@H]3[C@H](c4ccccn4)NC(=S)N3Cc3ccncc3)c2C)cc1. The third-order valence-corrected chi connectivity index (χ3v) is 6.99. The lowest BCUT2D eigenvalue weighted by Crippen LogP contribution is -2.29. The Hall–Kier alpha value is -4.04. The van der Waals surface area contributed by atoms with Crippen LogP contribution in [0.3, 0.4) is 0 Å². The van der Waals surface area contributed by atoms with E-state index >= 15 is 0 Å². The van der Waals surface area contributed by atoms with Crippen molar-refractivity contribution in [2.45, 2.75) is 32.5 Å². The summed E-state index contributed by atoms with van der Waals surface area (Å²) < 4.78 is 7.05. The van der Waals surface area contributed by atoms with E-state index in [-0.39, 0.29) is 18.1 Å². The van der Waals surface area contributed by atoms with E-state index in [9.17, 15) is 4.79 Å². The normalized spacial score (nSPS) is 17.2. The predicted octanol–water partition coefficient (Wildman–Crippen LogP) is 4.84. The van der Waals surface area contributed by atoms with Crippen LogP contribution in [0.25, 0.3) is 5.69 Å². The Morgan fingerprint density at radius 2 is 1.81 bits per heavy atom. The number of hydrogen-bond donors (Lipinski definition) is 1. The quantitative estimate of drug-likeness (QED) is 0.302. The Morgan fingerprint density at radius 3 is 2.47 bits per heavy atom. The molecule has 4 heterocycles. The number of carbonyl (C=O) groups is 1. The lowest BCUT2D eigenvalue weighted by atomic mass is 9.96. The Kier molecular flexibility index (Phi) is 6.52. The Labute approximate surface area is 215 Å². The first kappa shape index (κ1) is 23.7. The van der Waals surface area contributed by atoms with E-state index in [1.54, 1.807) is 24.5 Å². The molecule has 36 heavy (non-hydrogen) atoms. The van der Waals surface area contributed by atoms with Gasteiger partial charge in [0.05, 0.1) is 30.5 Å². The molecule has 3 aromatic heterocycles. The van der Waals surface area contributed by atoms with Crippen LogP contribution in [0.2, 0.25) is 0 Å². The number of carbonyl (C=O) groups excluding carboxylic acids is 1. The van der Waals surface area contributed by atoms with Crippen LogP contribution in [-0.2, 0) is 11.3 Å². The second kappa shape index (κ2) is 9.91. The van der Waals surface area contributed by atoms with Gasteiger partial charge in [-0.15, -0.1) is 0 Å². The average molecular weight is 498 g/mol. The van der Waals surface area contributed by atoms with E-state index < -0.39 is 0 Å². The summed E-state index contributed by atoms with van der Waals surface area (Å²) >= 11 is 5.84. The summed E-state index contributed by atoms with van der Waals surface area (Å²) in [7, 11) is 1.39. The van der Waals surface area contributed by atoms with Gasteiger partial charge >= 0.3 is 5.97 Å². The number of ether oxygens (including phenoxy) is 1. The predicted molar refractivity (Wildman–Crippen MR) is 142 cm³/mol. The molecule has 7 nitrogen and oxygen atoms in total. The van der Waals surface area contributed by atoms with Crippen molar-refractivity contribution in [2.75, 3.05) is 7.11 Å². The van der Waals surface area contributed by atoms with Gasteiger partial charge in [0.15, 0.2) is 5.11 Å². The Balaban J connectivity index is 1.58. The number of thiocarbonyl (C=S) groups is 1. The summed E-state index contributed by atoms with van der Waals surface area (Å²) in [6.45, 7) is 4.87. The highest BCUT2D eigenvalue weighted by Crippen LogP contribution is 2.42. The molecule has 0 amide bonds. The fraction of sp³-hybridized carbons (Fsp3) is 0.214. The molecular formula is C28H27N5O2S. The van der Waals surface area contributed by atoms with Gasteiger partial charge in [0.25, 0.3) is 0 Å². The molecule has 0 aliphatic carbocycles. The van der Waals surface area contributed by atoms with Crippen LogP contribution in [-0.4, -0.2) is 37.6 Å². The smallest absolute Gasteiger partial charge is 0.337 e. The molecule has 1 N–H and O–H groups in total. The van der Waals surface area contributed by atoms with Gasteiger partial charge in [0, 0.05) is 42.2 Å². The van der Waals surface area contributed by atoms with E-state index in [1.807, 2.05) is 48.7 Å². The minimum Gasteiger partial charge on any atom is -0.465 e. The van der Waals surface area contributed by atoms with Crippen LogP contribution in [0.15, 0.2) is 79.3 Å². The van der Waals surface area contributed by atoms with E-state index in [0.29, 0.717) is 17.2 Å². The van der Waals surface area contributed by atoms with Crippen LogP contribution < -0.4 is 5.32 Å². The highest BCUT2D eigenvalue weighted by atomic mass is 32.1. The van der Waals surface area contributed by atoms with Gasteiger partial charge in [-0.1, -0.05) is 6.07 Å². The second-order valence-corrected chi connectivity index (χ2v) is 9.20. The number of aromatic nitrogens is 3. The van der Waals surface area contributed by atoms with Crippen molar-refractivity contribution >= 4 is 23.3 Å². The number of rotatable bonds is 6. The van der Waals surface area contributed by atoms with Crippen LogP contribution in [0.5, 0.6) is 0 Å². The fourth-order valence-corrected chi connectivity index (χ4v) is 5.25. The number of hydrogen-bond acceptors (Lipinski definition) is 5. The first-order valence-corrected chi connectivity index (χ1v) is 12.1. The molecule has 0 unspecified atom stereocenters. The molecular weight excluding hydrogens is 470 g/mol. The summed E-state index contributed by atoms with van der Waals surface area (Å²) in [6.07, 6.45) is 5.42. The summed E-state index contributed by atoms with van der Waals surface area (Å²) in [5.74, 6) is -0.348. The van der Waals surface area contributed by atoms with Crippen LogP contribution in [0.4, 0.5) is 0 Å². The topological polar surface area (TPSA) is 72.3 Å². The van der Waals surface area contributed by atoms with Crippen LogP contribution >= 0.6 is 12.2 Å². The van der Waals surface area contributed by atoms with Crippen molar-refractivity contribution in [2.24, 2.45) is 0 Å². The highest BCUT2D eigenvalue weighted by molar-refractivity contribution is 7.80. The van der Waals surface area contributed by atoms with Crippen molar-refractivity contribution in [1.29, 1.82) is 0 Å². The molecule has 1 aliphatic rings. The zero-order valence-corrected chi connectivity index (χ0v) is 21.2. The van der Waals surface area contributed by atoms with Gasteiger partial charge in [0.2, 0.25) is 0 Å². The molecule has 182 valence electrons. The van der Waals surface area contributed by atoms with Crippen molar-refractivity contribution in [3.8, 4) is 5.69 Å². The molecule has 2 atom stereocenters. The highest BCUT2D eigenvalue weighted by Gasteiger charge is 2.41. The molecule has 0 saturated carbocycles. The Bertz CT molecular complexity index is 1390. The molecule has 0 bridgehead atoms. The monoisotopic (exact) mass is 497 g/mol. The second-order valence-electron chi connectivity index (χ2n) is 8.81. The maximum Gasteiger partial charge on any atom is 0.337 e. The third kappa shape index (κ3) is 4.35. The summed E-state index contributed by atoms with van der Waals surface area (Å²) in [5, 5.41) is 4.22. The first-order chi connectivity index (χ1) is 17.5. The third-order valence-electron chi connectivity index (χ3n) is 6.64. The van der Waals surface area contributed by atoms with Gasteiger partial charge in [-0.2, -0.15) is 0 Å². The molecule has 5 rings (SSSR count). The van der Waals surface area contributed by atoms with Gasteiger partial charge < -0.3 is 19.5 Å². The number of nitrogens with zero attached hydrogens (tertiary/aromatic N) is 4. The van der Waals surface area contributed by atoms with Crippen LogP contribution in [0.1, 0.15) is 50.7 Å². The van der Waals surface area contributed by atoms with E-state index in [1.165, 1.54) is 12.7 Å². The number of aryl methyl sites for hydroxylation is 1. The van der Waals surface area contributed by atoms with Gasteiger partial charge in [-0.3, -0.25) is 9.97 Å². The molecule has 0 radical (unpaired) electrons. The van der Waals surface area contributed by atoms with E-state index in [0.717, 1.165) is 28.3 Å². The zero-order valence-electron chi connectivity index (χ0n) is 20.4. The number of benzene rings is 1. The Morgan fingerprint density at radius 1 is 1.06 bits per heavy atom. The molecule has 8 heteroatoms. The minimum absolute atomic E-state index is 0.0603. The maximum atomic E-state index is 11.9. The molecule has 1 fully saturated rings. The molecule has 1 aromatic carbocycles. The van der Waals surface area contributed by atoms with Crippen molar-refractivity contribution in [3.63, 3.8) is 0 Å². The number of pyridine rings is 2. The van der Waals surface area contributed by atoms with Crippen LogP contribution in [0, 0.1) is 13.8 Å². The zero-order chi connectivity index (χ0) is 25.2. The minimum atomic E-state index is -0.348. The van der Waals surface area contributed by atoms with Gasteiger partial charge in [-0.05, 0) is 91.8 Å². The summed E-state index contributed by atoms with van der Waals surface area (Å²) in [6, 6.07) is 19.5. The number of methoxy groups -OCH3 is 1. The summed E-state index contributed by atoms with van der Waals surface area (Å²) in [4.78, 5) is 22.9. The largest absolute Gasteiger partial charge is 0.465 e. The lowest BCUT2D eigenvalue weighted by molar-refractivity contribution is 0.0600. The fourth-order valence-electron chi connectivity index (χ4n) is 4.95. The average Bonchev–Trinajstić information content (AvgIpc) is 3.39. The van der Waals surface area contributed by atoms with Gasteiger partial charge in [-0.25, -0.2) is 4.79 Å².